The number of methoxy groups -OCH3 is 1. The molecule has 0 aliphatic carbocycles. The minimum Gasteiger partial charge on any atom is -0.493 e. The number of rotatable bonds is 4. The van der Waals surface area contributed by atoms with Crippen molar-refractivity contribution in [1.29, 1.82) is 0 Å². The predicted octanol–water partition coefficient (Wildman–Crippen LogP) is 2.05. The van der Waals surface area contributed by atoms with Gasteiger partial charge in [-0.2, -0.15) is 5.10 Å². The highest BCUT2D eigenvalue weighted by Crippen LogP contribution is 2.24. The first kappa shape index (κ1) is 12.4. The zero-order valence-electron chi connectivity index (χ0n) is 11.2. The van der Waals surface area contributed by atoms with Crippen LogP contribution in [0, 0.1) is 13.8 Å². The molecule has 0 saturated carbocycles. The minimum absolute atomic E-state index is 0.722. The van der Waals surface area contributed by atoms with Crippen molar-refractivity contribution in [3.63, 3.8) is 0 Å². The average Bonchev–Trinajstić information content (AvgIpc) is 2.68. The Labute approximate surface area is 107 Å². The normalized spacial score (nSPS) is 10.4. The van der Waals surface area contributed by atoms with Crippen molar-refractivity contribution < 1.29 is 4.74 Å². The third-order valence-corrected chi connectivity index (χ3v) is 3.03. The van der Waals surface area contributed by atoms with Crippen molar-refractivity contribution in [3.8, 4) is 5.75 Å². The maximum Gasteiger partial charge on any atom is 0.160 e. The molecule has 2 heterocycles. The molecule has 0 amide bonds. The molecule has 0 bridgehead atoms. The quantitative estimate of drug-likeness (QED) is 0.897. The molecule has 2 rings (SSSR count). The van der Waals surface area contributed by atoms with Gasteiger partial charge in [0.25, 0.3) is 0 Å². The molecular formula is C13H18N4O. The highest BCUT2D eigenvalue weighted by Gasteiger charge is 2.06. The van der Waals surface area contributed by atoms with Gasteiger partial charge in [-0.05, 0) is 19.9 Å². The molecule has 1 N–H and O–H groups in total. The van der Waals surface area contributed by atoms with Gasteiger partial charge in [-0.15, -0.1) is 0 Å². The van der Waals surface area contributed by atoms with Gasteiger partial charge in [0.15, 0.2) is 5.75 Å². The number of pyridine rings is 1. The number of hydrogen-bond acceptors (Lipinski definition) is 4. The van der Waals surface area contributed by atoms with Gasteiger partial charge in [-0.3, -0.25) is 9.67 Å². The minimum atomic E-state index is 0.722. The molecule has 0 aliphatic rings. The number of nitrogens with zero attached hydrogens (tertiary/aromatic N) is 3. The number of hydrogen-bond donors (Lipinski definition) is 1. The Bertz CT molecular complexity index is 548. The van der Waals surface area contributed by atoms with Crippen LogP contribution in [0.1, 0.15) is 17.0 Å². The summed E-state index contributed by atoms with van der Waals surface area (Å²) in [4.78, 5) is 4.21. The highest BCUT2D eigenvalue weighted by atomic mass is 16.5. The molecule has 5 heteroatoms. The van der Waals surface area contributed by atoms with Crippen LogP contribution < -0.4 is 10.1 Å². The maximum absolute atomic E-state index is 5.28. The van der Waals surface area contributed by atoms with Crippen LogP contribution in [0.2, 0.25) is 0 Å². The van der Waals surface area contributed by atoms with Crippen LogP contribution in [0.25, 0.3) is 0 Å². The molecule has 5 nitrogen and oxygen atoms in total. The Hall–Kier alpha value is -2.04. The van der Waals surface area contributed by atoms with Gasteiger partial charge in [0.1, 0.15) is 0 Å². The third-order valence-electron chi connectivity index (χ3n) is 3.03. The number of aryl methyl sites for hydroxylation is 2. The average molecular weight is 246 g/mol. The fourth-order valence-corrected chi connectivity index (χ4v) is 1.76. The van der Waals surface area contributed by atoms with E-state index in [4.69, 9.17) is 4.74 Å². The van der Waals surface area contributed by atoms with Crippen LogP contribution in [-0.4, -0.2) is 21.9 Å². The second-order valence-electron chi connectivity index (χ2n) is 4.26. The zero-order valence-corrected chi connectivity index (χ0v) is 11.2. The zero-order chi connectivity index (χ0) is 13.1. The summed E-state index contributed by atoms with van der Waals surface area (Å²) in [7, 11) is 3.59. The van der Waals surface area contributed by atoms with E-state index in [0.29, 0.717) is 0 Å². The predicted molar refractivity (Wildman–Crippen MR) is 70.8 cm³/mol. The molecular weight excluding hydrogens is 228 g/mol. The fraction of sp³-hybridized carbons (Fsp3) is 0.385. The van der Waals surface area contributed by atoms with E-state index in [9.17, 15) is 0 Å². The molecule has 0 radical (unpaired) electrons. The summed E-state index contributed by atoms with van der Waals surface area (Å²) >= 11 is 0. The summed E-state index contributed by atoms with van der Waals surface area (Å²) in [5, 5.41) is 7.58. The SMILES string of the molecule is COc1cnc(C)cc1NCc1cnn(C)c1C. The Morgan fingerprint density at radius 3 is 2.72 bits per heavy atom. The largest absolute Gasteiger partial charge is 0.493 e. The van der Waals surface area contributed by atoms with Gasteiger partial charge in [0.05, 0.1) is 25.2 Å². The molecule has 0 aromatic carbocycles. The number of anilines is 1. The van der Waals surface area contributed by atoms with Crippen molar-refractivity contribution in [2.75, 3.05) is 12.4 Å². The summed E-state index contributed by atoms with van der Waals surface area (Å²) in [6, 6.07) is 1.98. The fourth-order valence-electron chi connectivity index (χ4n) is 1.76. The second kappa shape index (κ2) is 5.08. The van der Waals surface area contributed by atoms with Gasteiger partial charge < -0.3 is 10.1 Å². The van der Waals surface area contributed by atoms with Crippen molar-refractivity contribution >= 4 is 5.69 Å². The number of nitrogens with one attached hydrogen (secondary N) is 1. The summed E-state index contributed by atoms with van der Waals surface area (Å²) < 4.78 is 7.15. The van der Waals surface area contributed by atoms with E-state index >= 15 is 0 Å². The van der Waals surface area contributed by atoms with Crippen LogP contribution in [0.15, 0.2) is 18.5 Å². The third kappa shape index (κ3) is 2.45. The number of ether oxygens (including phenoxy) is 1. The lowest BCUT2D eigenvalue weighted by molar-refractivity contribution is 0.414. The second-order valence-corrected chi connectivity index (χ2v) is 4.26. The van der Waals surface area contributed by atoms with Gasteiger partial charge in [-0.25, -0.2) is 0 Å². The van der Waals surface area contributed by atoms with Crippen molar-refractivity contribution in [2.24, 2.45) is 7.05 Å². The topological polar surface area (TPSA) is 52.0 Å². The molecule has 2 aromatic heterocycles. The molecule has 0 fully saturated rings. The first-order valence-electron chi connectivity index (χ1n) is 5.84. The van der Waals surface area contributed by atoms with Crippen LogP contribution in [0.3, 0.4) is 0 Å². The van der Waals surface area contributed by atoms with E-state index in [-0.39, 0.29) is 0 Å². The molecule has 0 aliphatic heterocycles. The molecule has 0 atom stereocenters. The lowest BCUT2D eigenvalue weighted by Gasteiger charge is -2.11. The van der Waals surface area contributed by atoms with Crippen LogP contribution in [-0.2, 0) is 13.6 Å². The van der Waals surface area contributed by atoms with Gasteiger partial charge >= 0.3 is 0 Å². The van der Waals surface area contributed by atoms with Gasteiger partial charge in [-0.1, -0.05) is 0 Å². The van der Waals surface area contributed by atoms with Crippen LogP contribution in [0.5, 0.6) is 5.75 Å². The highest BCUT2D eigenvalue weighted by molar-refractivity contribution is 5.56. The maximum atomic E-state index is 5.28. The molecule has 0 saturated heterocycles. The van der Waals surface area contributed by atoms with Crippen molar-refractivity contribution in [3.05, 3.63) is 35.4 Å². The molecule has 2 aromatic rings. The Balaban J connectivity index is 2.15. The van der Waals surface area contributed by atoms with E-state index in [0.717, 1.165) is 29.4 Å². The first-order valence-corrected chi connectivity index (χ1v) is 5.84. The van der Waals surface area contributed by atoms with Gasteiger partial charge in [0, 0.05) is 30.5 Å². The van der Waals surface area contributed by atoms with Gasteiger partial charge in [0.2, 0.25) is 0 Å². The van der Waals surface area contributed by atoms with Crippen LogP contribution >= 0.6 is 0 Å². The lowest BCUT2D eigenvalue weighted by atomic mass is 10.2. The Morgan fingerprint density at radius 1 is 1.33 bits per heavy atom. The van der Waals surface area contributed by atoms with E-state index < -0.39 is 0 Å². The lowest BCUT2D eigenvalue weighted by Crippen LogP contribution is -2.03. The van der Waals surface area contributed by atoms with Crippen LogP contribution in [0.4, 0.5) is 5.69 Å². The van der Waals surface area contributed by atoms with E-state index in [1.807, 2.05) is 30.9 Å². The molecule has 0 unspecified atom stereocenters. The summed E-state index contributed by atoms with van der Waals surface area (Å²) in [5.74, 6) is 0.752. The molecule has 96 valence electrons. The Kier molecular flexibility index (Phi) is 3.50. The Morgan fingerprint density at radius 2 is 2.11 bits per heavy atom. The number of aromatic nitrogens is 3. The molecule has 0 spiro atoms. The smallest absolute Gasteiger partial charge is 0.160 e. The summed E-state index contributed by atoms with van der Waals surface area (Å²) in [6.07, 6.45) is 3.61. The first-order chi connectivity index (χ1) is 8.61. The summed E-state index contributed by atoms with van der Waals surface area (Å²) in [6.45, 7) is 4.73. The van der Waals surface area contributed by atoms with E-state index in [1.165, 1.54) is 5.56 Å². The summed E-state index contributed by atoms with van der Waals surface area (Å²) in [5.41, 5.74) is 4.25. The monoisotopic (exact) mass is 246 g/mol. The van der Waals surface area contributed by atoms with E-state index in [1.54, 1.807) is 13.3 Å². The van der Waals surface area contributed by atoms with Crippen molar-refractivity contribution in [2.45, 2.75) is 20.4 Å². The standard InChI is InChI=1S/C13H18N4O/c1-9-5-12(13(18-4)8-14-9)15-6-11-7-16-17(3)10(11)2/h5,7-8H,6H2,1-4H3,(H,14,15). The molecule has 18 heavy (non-hydrogen) atoms. The van der Waals surface area contributed by atoms with Crippen molar-refractivity contribution in [1.82, 2.24) is 14.8 Å². The van der Waals surface area contributed by atoms with E-state index in [2.05, 4.69) is 22.3 Å².